The fourth-order valence-corrected chi connectivity index (χ4v) is 0.737. The normalized spacial score (nSPS) is 8.46. The number of ether oxygens (including phenoxy) is 1. The van der Waals surface area contributed by atoms with E-state index >= 15 is 0 Å². The van der Waals surface area contributed by atoms with Crippen LogP contribution < -0.4 is 0 Å². The van der Waals surface area contributed by atoms with Gasteiger partial charge in [-0.3, -0.25) is 9.59 Å². The Morgan fingerprint density at radius 2 is 2.00 bits per heavy atom. The Labute approximate surface area is 78.5 Å². The molecule has 0 fully saturated rings. The number of hydrogen-bond acceptors (Lipinski definition) is 3. The highest BCUT2D eigenvalue weighted by Gasteiger charge is 2.07. The molecule has 0 heterocycles. The number of carbonyl (C=O) groups is 2. The van der Waals surface area contributed by atoms with E-state index in [1.165, 1.54) is 7.11 Å². The number of Topliss-reactive ketones (excluding diaryl/α,β-unsaturated/α-hetero) is 1. The van der Waals surface area contributed by atoms with Crippen LogP contribution >= 0.6 is 0 Å². The Bertz CT molecular complexity index is 232. The van der Waals surface area contributed by atoms with Gasteiger partial charge in [-0.2, -0.15) is 0 Å². The van der Waals surface area contributed by atoms with Crippen molar-refractivity contribution in [2.24, 2.45) is 0 Å². The van der Waals surface area contributed by atoms with Gasteiger partial charge in [0.25, 0.3) is 0 Å². The van der Waals surface area contributed by atoms with Crippen LogP contribution in [0.1, 0.15) is 32.6 Å². The van der Waals surface area contributed by atoms with Gasteiger partial charge in [0.1, 0.15) is 12.2 Å². The zero-order valence-corrected chi connectivity index (χ0v) is 8.05. The fourth-order valence-electron chi connectivity index (χ4n) is 0.737. The Morgan fingerprint density at radius 3 is 2.54 bits per heavy atom. The van der Waals surface area contributed by atoms with Crippen LogP contribution in [0.3, 0.4) is 0 Å². The van der Waals surface area contributed by atoms with Crippen molar-refractivity contribution in [2.75, 3.05) is 7.11 Å². The first-order valence-corrected chi connectivity index (χ1v) is 4.25. The summed E-state index contributed by atoms with van der Waals surface area (Å²) in [6.45, 7) is 1.95. The summed E-state index contributed by atoms with van der Waals surface area (Å²) in [5, 5.41) is 0. The second kappa shape index (κ2) is 7.35. The Hall–Kier alpha value is -1.30. The first kappa shape index (κ1) is 11.7. The maximum absolute atomic E-state index is 11.0. The van der Waals surface area contributed by atoms with Crippen LogP contribution in [0.5, 0.6) is 0 Å². The predicted molar refractivity (Wildman–Crippen MR) is 48.9 cm³/mol. The summed E-state index contributed by atoms with van der Waals surface area (Å²) in [7, 11) is 1.27. The van der Waals surface area contributed by atoms with Gasteiger partial charge in [-0.05, 0) is 0 Å². The van der Waals surface area contributed by atoms with Crippen molar-refractivity contribution < 1.29 is 14.3 Å². The van der Waals surface area contributed by atoms with Crippen molar-refractivity contribution in [1.82, 2.24) is 0 Å². The molecule has 0 bridgehead atoms. The van der Waals surface area contributed by atoms with Gasteiger partial charge in [0, 0.05) is 19.3 Å². The summed E-state index contributed by atoms with van der Waals surface area (Å²) in [5.74, 6) is 5.09. The quantitative estimate of drug-likeness (QED) is 0.374. The van der Waals surface area contributed by atoms with E-state index in [2.05, 4.69) is 16.6 Å². The first-order valence-electron chi connectivity index (χ1n) is 4.25. The maximum Gasteiger partial charge on any atom is 0.313 e. The second-order valence-electron chi connectivity index (χ2n) is 2.50. The van der Waals surface area contributed by atoms with Crippen molar-refractivity contribution in [2.45, 2.75) is 32.6 Å². The molecule has 0 saturated heterocycles. The van der Waals surface area contributed by atoms with E-state index in [-0.39, 0.29) is 12.2 Å². The van der Waals surface area contributed by atoms with Crippen LogP contribution in [-0.4, -0.2) is 18.9 Å². The van der Waals surface area contributed by atoms with Crippen LogP contribution in [0.2, 0.25) is 0 Å². The lowest BCUT2D eigenvalue weighted by molar-refractivity contribution is -0.143. The topological polar surface area (TPSA) is 43.4 Å². The molecule has 0 aromatic heterocycles. The number of esters is 1. The van der Waals surface area contributed by atoms with E-state index in [4.69, 9.17) is 0 Å². The third-order valence-electron chi connectivity index (χ3n) is 1.40. The lowest BCUT2D eigenvalue weighted by Crippen LogP contribution is -2.08. The van der Waals surface area contributed by atoms with E-state index in [0.29, 0.717) is 12.8 Å². The molecule has 0 saturated carbocycles. The molecule has 0 aliphatic carbocycles. The van der Waals surface area contributed by atoms with Gasteiger partial charge in [0.2, 0.25) is 0 Å². The molecule has 0 unspecified atom stereocenters. The van der Waals surface area contributed by atoms with Gasteiger partial charge in [-0.1, -0.05) is 6.92 Å². The monoisotopic (exact) mass is 182 g/mol. The zero-order chi connectivity index (χ0) is 10.1. The smallest absolute Gasteiger partial charge is 0.313 e. The fraction of sp³-hybridized carbons (Fsp3) is 0.600. The summed E-state index contributed by atoms with van der Waals surface area (Å²) in [5.41, 5.74) is 0. The van der Waals surface area contributed by atoms with Crippen molar-refractivity contribution in [3.8, 4) is 11.8 Å². The minimum absolute atomic E-state index is 0.114. The van der Waals surface area contributed by atoms with Gasteiger partial charge in [0.05, 0.1) is 7.11 Å². The van der Waals surface area contributed by atoms with Gasteiger partial charge in [0.15, 0.2) is 0 Å². The van der Waals surface area contributed by atoms with Gasteiger partial charge < -0.3 is 4.74 Å². The number of rotatable bonds is 4. The lowest BCUT2D eigenvalue weighted by atomic mass is 10.2. The highest BCUT2D eigenvalue weighted by Crippen LogP contribution is 1.95. The Kier molecular flexibility index (Phi) is 6.62. The average molecular weight is 182 g/mol. The number of hydrogen-bond donors (Lipinski definition) is 0. The molecule has 3 heteroatoms. The molecule has 3 nitrogen and oxygen atoms in total. The molecule has 0 rings (SSSR count). The maximum atomic E-state index is 11.0. The zero-order valence-electron chi connectivity index (χ0n) is 8.05. The summed E-state index contributed by atoms with van der Waals surface area (Å²) in [6, 6.07) is 0. The molecular weight excluding hydrogens is 168 g/mol. The van der Waals surface area contributed by atoms with Gasteiger partial charge in [-0.15, -0.1) is 11.8 Å². The number of ketones is 1. The SMILES string of the molecule is CCC#CCCC(=O)CC(=O)OC. The first-order chi connectivity index (χ1) is 6.20. The van der Waals surface area contributed by atoms with Crippen LogP contribution in [-0.2, 0) is 14.3 Å². The average Bonchev–Trinajstić information content (AvgIpc) is 2.12. The summed E-state index contributed by atoms with van der Waals surface area (Å²) in [6.07, 6.45) is 1.53. The highest BCUT2D eigenvalue weighted by atomic mass is 16.5. The standard InChI is InChI=1S/C10H14O3/c1-3-4-5-6-7-9(11)8-10(12)13-2/h3,6-8H2,1-2H3. The summed E-state index contributed by atoms with van der Waals surface area (Å²) >= 11 is 0. The number of methoxy groups -OCH3 is 1. The van der Waals surface area contributed by atoms with E-state index in [0.717, 1.165) is 6.42 Å². The van der Waals surface area contributed by atoms with Crippen LogP contribution in [0, 0.1) is 11.8 Å². The van der Waals surface area contributed by atoms with Crippen molar-refractivity contribution in [1.29, 1.82) is 0 Å². The minimum atomic E-state index is -0.478. The Morgan fingerprint density at radius 1 is 1.31 bits per heavy atom. The molecule has 0 aromatic carbocycles. The molecule has 72 valence electrons. The lowest BCUT2D eigenvalue weighted by Gasteiger charge is -1.95. The Balaban J connectivity index is 3.57. The third kappa shape index (κ3) is 7.07. The summed E-state index contributed by atoms with van der Waals surface area (Å²) < 4.78 is 4.35. The van der Waals surface area contributed by atoms with Crippen LogP contribution in [0.15, 0.2) is 0 Å². The van der Waals surface area contributed by atoms with E-state index in [1.807, 2.05) is 6.92 Å². The van der Waals surface area contributed by atoms with Gasteiger partial charge >= 0.3 is 5.97 Å². The molecule has 0 aliphatic rings. The molecule has 0 atom stereocenters. The van der Waals surface area contributed by atoms with E-state index in [9.17, 15) is 9.59 Å². The second-order valence-corrected chi connectivity index (χ2v) is 2.50. The molecular formula is C10H14O3. The molecule has 13 heavy (non-hydrogen) atoms. The van der Waals surface area contributed by atoms with E-state index < -0.39 is 5.97 Å². The summed E-state index contributed by atoms with van der Waals surface area (Å²) in [4.78, 5) is 21.6. The van der Waals surface area contributed by atoms with Gasteiger partial charge in [-0.25, -0.2) is 0 Å². The predicted octanol–water partition coefficient (Wildman–Crippen LogP) is 1.31. The van der Waals surface area contributed by atoms with E-state index in [1.54, 1.807) is 0 Å². The van der Waals surface area contributed by atoms with Crippen molar-refractivity contribution in [3.63, 3.8) is 0 Å². The third-order valence-corrected chi connectivity index (χ3v) is 1.40. The van der Waals surface area contributed by atoms with Crippen LogP contribution in [0.4, 0.5) is 0 Å². The molecule has 0 spiro atoms. The molecule has 0 amide bonds. The molecule has 0 radical (unpaired) electrons. The van der Waals surface area contributed by atoms with Crippen molar-refractivity contribution in [3.05, 3.63) is 0 Å². The largest absolute Gasteiger partial charge is 0.469 e. The van der Waals surface area contributed by atoms with Crippen LogP contribution in [0.25, 0.3) is 0 Å². The minimum Gasteiger partial charge on any atom is -0.469 e. The highest BCUT2D eigenvalue weighted by molar-refractivity contribution is 5.95. The molecule has 0 aromatic rings. The molecule has 0 N–H and O–H groups in total. The molecule has 0 aliphatic heterocycles. The number of carbonyl (C=O) groups excluding carboxylic acids is 2. The van der Waals surface area contributed by atoms with Crippen molar-refractivity contribution >= 4 is 11.8 Å².